The van der Waals surface area contributed by atoms with Crippen molar-refractivity contribution in [1.29, 1.82) is 0 Å². The first kappa shape index (κ1) is 12.1. The predicted octanol–water partition coefficient (Wildman–Crippen LogP) is 1.46. The lowest BCUT2D eigenvalue weighted by molar-refractivity contribution is -0.191. The normalized spacial score (nSPS) is 21.4. The van der Waals surface area contributed by atoms with Crippen molar-refractivity contribution in [2.24, 2.45) is 5.73 Å². The summed E-state index contributed by atoms with van der Waals surface area (Å²) in [6, 6.07) is 9.40. The van der Waals surface area contributed by atoms with E-state index in [2.05, 4.69) is 0 Å². The van der Waals surface area contributed by atoms with Crippen molar-refractivity contribution in [3.05, 3.63) is 35.9 Å². The predicted molar refractivity (Wildman–Crippen MR) is 64.8 cm³/mol. The molecule has 1 aromatic rings. The minimum absolute atomic E-state index is 0.0987. The first-order valence-electron chi connectivity index (χ1n) is 6.01. The van der Waals surface area contributed by atoms with Crippen LogP contribution in [0.1, 0.15) is 24.8 Å². The lowest BCUT2D eigenvalue weighted by Crippen LogP contribution is -2.42. The summed E-state index contributed by atoms with van der Waals surface area (Å²) in [7, 11) is 0. The zero-order valence-corrected chi connectivity index (χ0v) is 9.84. The van der Waals surface area contributed by atoms with Crippen molar-refractivity contribution in [2.45, 2.75) is 31.9 Å². The average Bonchev–Trinajstić information content (AvgIpc) is 2.52. The van der Waals surface area contributed by atoms with Crippen LogP contribution in [0, 0.1) is 0 Å². The second-order valence-electron chi connectivity index (χ2n) is 4.30. The Morgan fingerprint density at radius 1 is 1.29 bits per heavy atom. The van der Waals surface area contributed by atoms with Gasteiger partial charge in [0.15, 0.2) is 0 Å². The van der Waals surface area contributed by atoms with Gasteiger partial charge in [-0.05, 0) is 24.8 Å². The quantitative estimate of drug-likeness (QED) is 0.861. The van der Waals surface area contributed by atoms with Crippen LogP contribution in [0.25, 0.3) is 0 Å². The van der Waals surface area contributed by atoms with E-state index in [4.69, 9.17) is 10.6 Å². The van der Waals surface area contributed by atoms with E-state index in [0.29, 0.717) is 13.2 Å². The number of hydrogen-bond donors (Lipinski definition) is 1. The minimum atomic E-state index is -0.409. The molecule has 4 heteroatoms. The minimum Gasteiger partial charge on any atom is -0.320 e. The maximum atomic E-state index is 11.8. The zero-order valence-electron chi connectivity index (χ0n) is 9.84. The van der Waals surface area contributed by atoms with Crippen molar-refractivity contribution in [2.75, 3.05) is 6.54 Å². The molecule has 1 saturated heterocycles. The summed E-state index contributed by atoms with van der Waals surface area (Å²) in [4.78, 5) is 17.4. The number of amides is 1. The van der Waals surface area contributed by atoms with Gasteiger partial charge in [-0.15, -0.1) is 0 Å². The fourth-order valence-electron chi connectivity index (χ4n) is 1.89. The van der Waals surface area contributed by atoms with Gasteiger partial charge in [0, 0.05) is 6.54 Å². The van der Waals surface area contributed by atoms with Crippen LogP contribution in [0.4, 0.5) is 0 Å². The smallest absolute Gasteiger partial charge is 0.263 e. The molecule has 92 valence electrons. The summed E-state index contributed by atoms with van der Waals surface area (Å²) in [5.74, 6) is -0.0987. The van der Waals surface area contributed by atoms with Gasteiger partial charge in [0.2, 0.25) is 0 Å². The number of benzene rings is 1. The maximum Gasteiger partial charge on any atom is 0.263 e. The fourth-order valence-corrected chi connectivity index (χ4v) is 1.89. The Hall–Kier alpha value is -1.39. The van der Waals surface area contributed by atoms with E-state index in [9.17, 15) is 4.79 Å². The summed E-state index contributed by atoms with van der Waals surface area (Å²) in [5.41, 5.74) is 6.82. The molecule has 2 N–H and O–H groups in total. The summed E-state index contributed by atoms with van der Waals surface area (Å²) in [6.45, 7) is 1.05. The number of hydrogen-bond acceptors (Lipinski definition) is 3. The molecular weight excluding hydrogens is 216 g/mol. The summed E-state index contributed by atoms with van der Waals surface area (Å²) in [6.07, 6.45) is 2.69. The highest BCUT2D eigenvalue weighted by Gasteiger charge is 2.24. The van der Waals surface area contributed by atoms with E-state index in [1.54, 1.807) is 0 Å². The molecule has 1 heterocycles. The Morgan fingerprint density at radius 2 is 2.06 bits per heavy atom. The Balaban J connectivity index is 1.91. The Kier molecular flexibility index (Phi) is 4.12. The number of nitrogens with zero attached hydrogens (tertiary/aromatic N) is 1. The van der Waals surface area contributed by atoms with Gasteiger partial charge < -0.3 is 5.73 Å². The molecule has 4 nitrogen and oxygen atoms in total. The summed E-state index contributed by atoms with van der Waals surface area (Å²) in [5, 5.41) is 1.42. The molecule has 1 aliphatic heterocycles. The van der Waals surface area contributed by atoms with E-state index < -0.39 is 6.04 Å². The molecule has 0 aromatic heterocycles. The third-order valence-corrected chi connectivity index (χ3v) is 2.92. The van der Waals surface area contributed by atoms with Crippen molar-refractivity contribution < 1.29 is 9.63 Å². The Labute approximate surface area is 101 Å². The molecule has 1 fully saturated rings. The van der Waals surface area contributed by atoms with E-state index >= 15 is 0 Å². The largest absolute Gasteiger partial charge is 0.320 e. The van der Waals surface area contributed by atoms with Crippen LogP contribution in [0.3, 0.4) is 0 Å². The topological polar surface area (TPSA) is 55.6 Å². The van der Waals surface area contributed by atoms with Crippen molar-refractivity contribution in [3.8, 4) is 0 Å². The second kappa shape index (κ2) is 5.80. The molecule has 0 saturated carbocycles. The monoisotopic (exact) mass is 234 g/mol. The standard InChI is InChI=1S/C13H18N2O2/c14-12-8-4-5-9-15(13(12)16)17-10-11-6-2-1-3-7-11/h1-3,6-7,12H,4-5,8-10,14H2/t12-/m0/s1. The zero-order chi connectivity index (χ0) is 12.1. The Bertz CT molecular complexity index is 367. The van der Waals surface area contributed by atoms with Gasteiger partial charge in [-0.2, -0.15) is 0 Å². The number of carbonyl (C=O) groups is 1. The molecular formula is C13H18N2O2. The molecule has 1 aromatic carbocycles. The lowest BCUT2D eigenvalue weighted by atomic mass is 10.1. The van der Waals surface area contributed by atoms with Crippen molar-refractivity contribution in [1.82, 2.24) is 5.06 Å². The van der Waals surface area contributed by atoms with Gasteiger partial charge >= 0.3 is 0 Å². The van der Waals surface area contributed by atoms with Crippen LogP contribution in [-0.4, -0.2) is 23.6 Å². The van der Waals surface area contributed by atoms with Crippen LogP contribution in [0.5, 0.6) is 0 Å². The maximum absolute atomic E-state index is 11.8. The molecule has 0 aliphatic carbocycles. The van der Waals surface area contributed by atoms with Gasteiger partial charge in [0.05, 0.1) is 6.04 Å². The summed E-state index contributed by atoms with van der Waals surface area (Å²) < 4.78 is 0. The highest BCUT2D eigenvalue weighted by Crippen LogP contribution is 2.12. The molecule has 0 radical (unpaired) electrons. The number of nitrogens with two attached hydrogens (primary N) is 1. The molecule has 0 unspecified atom stereocenters. The van der Waals surface area contributed by atoms with Gasteiger partial charge in [0.25, 0.3) is 5.91 Å². The molecule has 0 bridgehead atoms. The van der Waals surface area contributed by atoms with E-state index in [-0.39, 0.29) is 5.91 Å². The van der Waals surface area contributed by atoms with Crippen LogP contribution in [0.15, 0.2) is 30.3 Å². The molecule has 17 heavy (non-hydrogen) atoms. The molecule has 0 spiro atoms. The number of rotatable bonds is 3. The first-order valence-corrected chi connectivity index (χ1v) is 6.01. The number of carbonyl (C=O) groups excluding carboxylic acids is 1. The third-order valence-electron chi connectivity index (χ3n) is 2.92. The molecule has 1 atom stereocenters. The molecule has 1 amide bonds. The van der Waals surface area contributed by atoms with E-state index in [1.807, 2.05) is 30.3 Å². The van der Waals surface area contributed by atoms with E-state index in [0.717, 1.165) is 24.8 Å². The Morgan fingerprint density at radius 3 is 2.82 bits per heavy atom. The van der Waals surface area contributed by atoms with Gasteiger partial charge in [-0.3, -0.25) is 9.63 Å². The highest BCUT2D eigenvalue weighted by molar-refractivity contribution is 5.80. The SMILES string of the molecule is N[C@H]1CCCCN(OCc2ccccc2)C1=O. The fraction of sp³-hybridized carbons (Fsp3) is 0.462. The van der Waals surface area contributed by atoms with Crippen LogP contribution in [-0.2, 0) is 16.2 Å². The van der Waals surface area contributed by atoms with Crippen LogP contribution >= 0.6 is 0 Å². The van der Waals surface area contributed by atoms with Crippen LogP contribution < -0.4 is 5.73 Å². The highest BCUT2D eigenvalue weighted by atomic mass is 16.7. The van der Waals surface area contributed by atoms with E-state index in [1.165, 1.54) is 5.06 Å². The van der Waals surface area contributed by atoms with Gasteiger partial charge in [-0.1, -0.05) is 30.3 Å². The first-order chi connectivity index (χ1) is 8.27. The molecule has 2 rings (SSSR count). The number of hydroxylamine groups is 2. The molecule has 1 aliphatic rings. The second-order valence-corrected chi connectivity index (χ2v) is 4.30. The lowest BCUT2D eigenvalue weighted by Gasteiger charge is -2.21. The summed E-state index contributed by atoms with van der Waals surface area (Å²) >= 11 is 0. The van der Waals surface area contributed by atoms with Crippen molar-refractivity contribution >= 4 is 5.91 Å². The van der Waals surface area contributed by atoms with Crippen molar-refractivity contribution in [3.63, 3.8) is 0 Å². The van der Waals surface area contributed by atoms with Crippen LogP contribution in [0.2, 0.25) is 0 Å². The van der Waals surface area contributed by atoms with Gasteiger partial charge in [-0.25, -0.2) is 5.06 Å². The third kappa shape index (κ3) is 3.28. The van der Waals surface area contributed by atoms with Gasteiger partial charge in [0.1, 0.15) is 6.61 Å². The average molecular weight is 234 g/mol.